The molecular formula is C57H100O4. The summed E-state index contributed by atoms with van der Waals surface area (Å²) in [7, 11) is 0. The summed E-state index contributed by atoms with van der Waals surface area (Å²) >= 11 is 0. The molecule has 0 amide bonds. The Hall–Kier alpha value is -2.43. The Morgan fingerprint density at radius 3 is 1.10 bits per heavy atom. The summed E-state index contributed by atoms with van der Waals surface area (Å²) in [6, 6.07) is 0. The first kappa shape index (κ1) is 58.6. The molecular weight excluding hydrogens is 749 g/mol. The first-order valence-corrected chi connectivity index (χ1v) is 26.2. The summed E-state index contributed by atoms with van der Waals surface area (Å²) < 4.78 is 11.2. The largest absolute Gasteiger partial charge is 0.457 e. The molecule has 0 aromatic heterocycles. The first-order valence-electron chi connectivity index (χ1n) is 26.2. The molecule has 4 heteroatoms. The Morgan fingerprint density at radius 2 is 0.738 bits per heavy atom. The lowest BCUT2D eigenvalue weighted by Gasteiger charge is -2.15. The van der Waals surface area contributed by atoms with Crippen LogP contribution in [0.1, 0.15) is 245 Å². The van der Waals surface area contributed by atoms with Crippen LogP contribution in [-0.2, 0) is 14.3 Å². The molecule has 61 heavy (non-hydrogen) atoms. The Kier molecular flexibility index (Phi) is 51.6. The number of unbranched alkanes of at least 4 members (excludes halogenated alkanes) is 26. The smallest absolute Gasteiger partial charge is 0.306 e. The van der Waals surface area contributed by atoms with Crippen molar-refractivity contribution >= 4 is 5.97 Å². The maximum absolute atomic E-state index is 12.3. The van der Waals surface area contributed by atoms with Crippen LogP contribution in [0, 0.1) is 0 Å². The van der Waals surface area contributed by atoms with Gasteiger partial charge in [0, 0.05) is 13.0 Å². The van der Waals surface area contributed by atoms with Gasteiger partial charge in [0.1, 0.15) is 6.10 Å². The Bertz CT molecular complexity index is 1080. The van der Waals surface area contributed by atoms with Gasteiger partial charge in [0.15, 0.2) is 0 Å². The normalized spacial score (nSPS) is 13.0. The molecule has 0 aliphatic heterocycles. The van der Waals surface area contributed by atoms with E-state index < -0.39 is 6.10 Å². The van der Waals surface area contributed by atoms with Crippen molar-refractivity contribution in [1.82, 2.24) is 0 Å². The van der Waals surface area contributed by atoms with E-state index in [0.717, 1.165) is 77.0 Å². The highest BCUT2D eigenvalue weighted by Gasteiger charge is 2.13. The third-order valence-corrected chi connectivity index (χ3v) is 11.2. The molecule has 0 aromatic rings. The maximum atomic E-state index is 12.3. The zero-order valence-corrected chi connectivity index (χ0v) is 40.4. The fraction of sp³-hybridized carbons (Fsp3) is 0.737. The minimum atomic E-state index is -0.557. The molecule has 0 spiro atoms. The predicted octanol–water partition coefficient (Wildman–Crippen LogP) is 17.9. The number of rotatable bonds is 48. The van der Waals surface area contributed by atoms with E-state index in [1.165, 1.54) is 148 Å². The number of hydrogen-bond acceptors (Lipinski definition) is 4. The molecule has 0 fully saturated rings. The molecule has 0 heterocycles. The molecule has 0 saturated carbocycles. The summed E-state index contributed by atoms with van der Waals surface area (Å²) in [6.45, 7) is 5.22. The van der Waals surface area contributed by atoms with E-state index in [2.05, 4.69) is 98.9 Å². The quantitative estimate of drug-likeness (QED) is 0.0376. The molecule has 1 N–H and O–H groups in total. The number of aliphatic hydroxyl groups is 1. The number of ether oxygens (including phenoxy) is 2. The zero-order valence-electron chi connectivity index (χ0n) is 40.4. The Labute approximate surface area is 380 Å². The van der Waals surface area contributed by atoms with Gasteiger partial charge in [-0.25, -0.2) is 0 Å². The van der Waals surface area contributed by atoms with Crippen LogP contribution in [0.4, 0.5) is 0 Å². The van der Waals surface area contributed by atoms with Crippen molar-refractivity contribution in [1.29, 1.82) is 0 Å². The summed E-state index contributed by atoms with van der Waals surface area (Å²) in [5.74, 6) is -0.231. The van der Waals surface area contributed by atoms with Crippen LogP contribution < -0.4 is 0 Å². The fourth-order valence-corrected chi connectivity index (χ4v) is 7.37. The van der Waals surface area contributed by atoms with Crippen molar-refractivity contribution in [2.75, 3.05) is 19.8 Å². The lowest BCUT2D eigenvalue weighted by Crippen LogP contribution is -2.27. The second-order valence-corrected chi connectivity index (χ2v) is 17.2. The van der Waals surface area contributed by atoms with Crippen LogP contribution in [0.3, 0.4) is 0 Å². The highest BCUT2D eigenvalue weighted by atomic mass is 16.6. The van der Waals surface area contributed by atoms with Crippen LogP contribution in [0.5, 0.6) is 0 Å². The monoisotopic (exact) mass is 849 g/mol. The second-order valence-electron chi connectivity index (χ2n) is 17.2. The van der Waals surface area contributed by atoms with E-state index >= 15 is 0 Å². The van der Waals surface area contributed by atoms with E-state index in [1.807, 2.05) is 0 Å². The molecule has 0 radical (unpaired) electrons. The van der Waals surface area contributed by atoms with E-state index in [-0.39, 0.29) is 19.2 Å². The summed E-state index contributed by atoms with van der Waals surface area (Å²) in [4.78, 5) is 12.3. The number of aliphatic hydroxyl groups excluding tert-OH is 1. The van der Waals surface area contributed by atoms with E-state index in [1.54, 1.807) is 0 Å². The van der Waals surface area contributed by atoms with E-state index in [9.17, 15) is 9.90 Å². The maximum Gasteiger partial charge on any atom is 0.306 e. The van der Waals surface area contributed by atoms with Crippen molar-refractivity contribution in [2.45, 2.75) is 251 Å². The summed E-state index contributed by atoms with van der Waals surface area (Å²) in [5.41, 5.74) is 0. The van der Waals surface area contributed by atoms with Crippen LogP contribution in [0.15, 0.2) is 85.1 Å². The fourth-order valence-electron chi connectivity index (χ4n) is 7.37. The van der Waals surface area contributed by atoms with E-state index in [0.29, 0.717) is 13.0 Å². The van der Waals surface area contributed by atoms with Crippen molar-refractivity contribution in [3.63, 3.8) is 0 Å². The van der Waals surface area contributed by atoms with Crippen LogP contribution in [0.25, 0.3) is 0 Å². The van der Waals surface area contributed by atoms with Gasteiger partial charge in [0.2, 0.25) is 0 Å². The molecule has 0 aromatic carbocycles. The lowest BCUT2D eigenvalue weighted by molar-refractivity contribution is -0.154. The highest BCUT2D eigenvalue weighted by molar-refractivity contribution is 5.69. The molecule has 1 unspecified atom stereocenters. The van der Waals surface area contributed by atoms with Crippen LogP contribution in [0.2, 0.25) is 0 Å². The van der Waals surface area contributed by atoms with Gasteiger partial charge in [0.05, 0.1) is 13.2 Å². The highest BCUT2D eigenvalue weighted by Crippen LogP contribution is 2.16. The van der Waals surface area contributed by atoms with Crippen molar-refractivity contribution in [3.05, 3.63) is 85.1 Å². The Morgan fingerprint density at radius 1 is 0.410 bits per heavy atom. The van der Waals surface area contributed by atoms with Crippen molar-refractivity contribution in [3.8, 4) is 0 Å². The molecule has 0 rings (SSSR count). The number of carbonyl (C=O) groups excluding carboxylic acids is 1. The Balaban J connectivity index is 3.49. The third-order valence-electron chi connectivity index (χ3n) is 11.2. The second kappa shape index (κ2) is 53.7. The average Bonchev–Trinajstić information content (AvgIpc) is 3.27. The number of carbonyl (C=O) groups is 1. The summed E-state index contributed by atoms with van der Waals surface area (Å²) in [5, 5.41) is 9.65. The molecule has 4 nitrogen and oxygen atoms in total. The predicted molar refractivity (Wildman–Crippen MR) is 269 cm³/mol. The standard InChI is InChI=1S/C57H100O4/c1-3-5-7-9-11-13-15-17-19-21-23-25-27-29-30-32-34-36-38-40-42-44-46-48-50-52-57(59)61-56(54-58)55-60-53-51-49-47-45-43-41-39-37-35-33-31-28-26-24-22-20-18-16-14-12-10-8-6-4-2/h5,7,11,13,17,19,23,25,29-30,34,36,40,42,56,58H,3-4,6,8-10,12,14-16,18,20-22,24,26-28,31-33,35,37-39,41,43-55H2,1-2H3/b7-5-,13-11-,19-17-,25-23-,30-29-,36-34-,42-40-. The lowest BCUT2D eigenvalue weighted by atomic mass is 10.0. The minimum Gasteiger partial charge on any atom is -0.457 e. The van der Waals surface area contributed by atoms with Gasteiger partial charge in [-0.15, -0.1) is 0 Å². The molecule has 352 valence electrons. The molecule has 1 atom stereocenters. The molecule has 0 saturated heterocycles. The minimum absolute atomic E-state index is 0.188. The molecule has 0 aliphatic rings. The van der Waals surface area contributed by atoms with E-state index in [4.69, 9.17) is 9.47 Å². The van der Waals surface area contributed by atoms with Gasteiger partial charge in [-0.2, -0.15) is 0 Å². The van der Waals surface area contributed by atoms with Crippen LogP contribution in [-0.4, -0.2) is 37.0 Å². The molecule has 0 aliphatic carbocycles. The van der Waals surface area contributed by atoms with Gasteiger partial charge in [-0.3, -0.25) is 4.79 Å². The average molecular weight is 849 g/mol. The van der Waals surface area contributed by atoms with Gasteiger partial charge < -0.3 is 14.6 Å². The van der Waals surface area contributed by atoms with Gasteiger partial charge in [-0.05, 0) is 70.6 Å². The SMILES string of the molecule is CC/C=C\C/C=C\C/C=C\C/C=C\C/C=C\C/C=C\C/C=C\CCCCCC(=O)OC(CO)COCCCCCCCCCCCCCCCCCCCCCCCCCC. The van der Waals surface area contributed by atoms with Gasteiger partial charge >= 0.3 is 5.97 Å². The van der Waals surface area contributed by atoms with Crippen molar-refractivity contribution in [2.24, 2.45) is 0 Å². The van der Waals surface area contributed by atoms with Gasteiger partial charge in [0.25, 0.3) is 0 Å². The van der Waals surface area contributed by atoms with Crippen LogP contribution >= 0.6 is 0 Å². The first-order chi connectivity index (χ1) is 30.2. The number of allylic oxidation sites excluding steroid dienone is 14. The number of hydrogen-bond donors (Lipinski definition) is 1. The third kappa shape index (κ3) is 51.8. The number of esters is 1. The molecule has 0 bridgehead atoms. The topological polar surface area (TPSA) is 55.8 Å². The van der Waals surface area contributed by atoms with Gasteiger partial charge in [-0.1, -0.05) is 253 Å². The zero-order chi connectivity index (χ0) is 44.0. The van der Waals surface area contributed by atoms with Crippen molar-refractivity contribution < 1.29 is 19.4 Å². The summed E-state index contributed by atoms with van der Waals surface area (Å²) in [6.07, 6.45) is 75.4.